The van der Waals surface area contributed by atoms with Crippen molar-refractivity contribution < 1.29 is 14.0 Å². The molecule has 0 aliphatic rings. The van der Waals surface area contributed by atoms with Crippen LogP contribution in [0.1, 0.15) is 21.0 Å². The molecule has 0 spiro atoms. The normalized spacial score (nSPS) is 10.5. The summed E-state index contributed by atoms with van der Waals surface area (Å²) < 4.78 is 5.96. The Morgan fingerprint density at radius 2 is 1.00 bits per heavy atom. The minimum absolute atomic E-state index is 0.211. The molecule has 9 heteroatoms. The summed E-state index contributed by atoms with van der Waals surface area (Å²) in [5, 5.41) is 14.0. The molecule has 170 valence electrons. The predicted molar refractivity (Wildman–Crippen MR) is 130 cm³/mol. The summed E-state index contributed by atoms with van der Waals surface area (Å²) in [5.41, 5.74) is 2.65. The van der Waals surface area contributed by atoms with Gasteiger partial charge in [0.1, 0.15) is 11.4 Å². The Bertz CT molecular complexity index is 1370. The molecule has 9 nitrogen and oxygen atoms in total. The van der Waals surface area contributed by atoms with Crippen molar-refractivity contribution in [1.29, 1.82) is 0 Å². The van der Waals surface area contributed by atoms with Crippen LogP contribution < -0.4 is 10.6 Å². The lowest BCUT2D eigenvalue weighted by Crippen LogP contribution is -2.14. The average Bonchev–Trinajstić information content (AvgIpc) is 3.40. The predicted octanol–water partition coefficient (Wildman–Crippen LogP) is 4.70. The second-order valence-electron chi connectivity index (χ2n) is 7.34. The van der Waals surface area contributed by atoms with Crippen LogP contribution in [0.2, 0.25) is 0 Å². The van der Waals surface area contributed by atoms with Crippen LogP contribution in [0.15, 0.2) is 102 Å². The van der Waals surface area contributed by atoms with Gasteiger partial charge in [0.25, 0.3) is 11.8 Å². The number of hydrogen-bond donors (Lipinski definition) is 2. The Morgan fingerprint density at radius 3 is 1.43 bits per heavy atom. The van der Waals surface area contributed by atoms with Crippen LogP contribution in [0.25, 0.3) is 22.9 Å². The zero-order chi connectivity index (χ0) is 24.0. The van der Waals surface area contributed by atoms with E-state index in [4.69, 9.17) is 4.42 Å². The fourth-order valence-electron chi connectivity index (χ4n) is 3.36. The van der Waals surface area contributed by atoms with Crippen LogP contribution >= 0.6 is 0 Å². The maximum absolute atomic E-state index is 12.6. The van der Waals surface area contributed by atoms with E-state index >= 15 is 0 Å². The molecule has 5 aromatic rings. The van der Waals surface area contributed by atoms with Gasteiger partial charge < -0.3 is 15.1 Å². The van der Waals surface area contributed by atoms with Gasteiger partial charge in [0.15, 0.2) is 0 Å². The molecule has 2 N–H and O–H groups in total. The number of benzene rings is 2. The van der Waals surface area contributed by atoms with E-state index in [1.165, 1.54) is 0 Å². The maximum Gasteiger partial charge on any atom is 0.274 e. The molecule has 0 aliphatic carbocycles. The first kappa shape index (κ1) is 21.7. The molecule has 2 aromatic carbocycles. The number of pyridine rings is 2. The van der Waals surface area contributed by atoms with E-state index in [1.54, 1.807) is 97.3 Å². The Labute approximate surface area is 199 Å². The summed E-state index contributed by atoms with van der Waals surface area (Å²) in [5.74, 6) is -0.300. The number of carbonyl (C=O) groups excluding carboxylic acids is 2. The number of nitrogens with one attached hydrogen (secondary N) is 2. The first-order valence-corrected chi connectivity index (χ1v) is 10.7. The van der Waals surface area contributed by atoms with E-state index < -0.39 is 0 Å². The highest BCUT2D eigenvalue weighted by Gasteiger charge is 2.19. The van der Waals surface area contributed by atoms with Crippen molar-refractivity contribution in [2.24, 2.45) is 0 Å². The van der Waals surface area contributed by atoms with Crippen molar-refractivity contribution in [3.8, 4) is 22.9 Å². The van der Waals surface area contributed by atoms with Gasteiger partial charge in [-0.1, -0.05) is 36.4 Å². The van der Waals surface area contributed by atoms with Gasteiger partial charge in [0.05, 0.1) is 22.5 Å². The molecule has 0 saturated carbocycles. The SMILES string of the molecule is O=C(Nc1ccccc1-c1nnc(-c2ccccc2NC(=O)c2ccccn2)o1)c1ccccn1. The molecule has 0 bridgehead atoms. The second kappa shape index (κ2) is 9.75. The van der Waals surface area contributed by atoms with Gasteiger partial charge in [-0.05, 0) is 48.5 Å². The minimum atomic E-state index is -0.361. The van der Waals surface area contributed by atoms with E-state index in [1.807, 2.05) is 0 Å². The summed E-state index contributed by atoms with van der Waals surface area (Å²) in [6, 6.07) is 24.4. The molecule has 5 rings (SSSR count). The zero-order valence-electron chi connectivity index (χ0n) is 18.3. The van der Waals surface area contributed by atoms with Gasteiger partial charge in [-0.25, -0.2) is 0 Å². The summed E-state index contributed by atoms with van der Waals surface area (Å²) in [7, 11) is 0. The van der Waals surface area contributed by atoms with Crippen LogP contribution in [-0.2, 0) is 0 Å². The van der Waals surface area contributed by atoms with Crippen molar-refractivity contribution >= 4 is 23.2 Å². The first-order valence-electron chi connectivity index (χ1n) is 10.7. The first-order chi connectivity index (χ1) is 17.2. The molecule has 2 amide bonds. The summed E-state index contributed by atoms with van der Waals surface area (Å²) in [6.07, 6.45) is 3.10. The van der Waals surface area contributed by atoms with Crippen molar-refractivity contribution in [2.75, 3.05) is 10.6 Å². The molecule has 3 aromatic heterocycles. The number of anilines is 2. The third kappa shape index (κ3) is 4.79. The van der Waals surface area contributed by atoms with Gasteiger partial charge in [0.2, 0.25) is 11.8 Å². The Kier molecular flexibility index (Phi) is 6.03. The smallest absolute Gasteiger partial charge is 0.274 e. The van der Waals surface area contributed by atoms with E-state index in [2.05, 4.69) is 30.8 Å². The highest BCUT2D eigenvalue weighted by molar-refractivity contribution is 6.05. The molecule has 0 fully saturated rings. The number of nitrogens with zero attached hydrogens (tertiary/aromatic N) is 4. The Hall–Kier alpha value is -5.18. The van der Waals surface area contributed by atoms with Gasteiger partial charge >= 0.3 is 0 Å². The zero-order valence-corrected chi connectivity index (χ0v) is 18.3. The number of hydrogen-bond acceptors (Lipinski definition) is 7. The summed E-state index contributed by atoms with van der Waals surface area (Å²) in [4.78, 5) is 33.4. The lowest BCUT2D eigenvalue weighted by molar-refractivity contribution is 0.101. The molecule has 0 unspecified atom stereocenters. The maximum atomic E-state index is 12.6. The largest absolute Gasteiger partial charge is 0.416 e. The molecule has 3 heterocycles. The average molecular weight is 462 g/mol. The van der Waals surface area contributed by atoms with Gasteiger partial charge in [-0.15, -0.1) is 10.2 Å². The van der Waals surface area contributed by atoms with Crippen molar-refractivity contribution in [1.82, 2.24) is 20.2 Å². The summed E-state index contributed by atoms with van der Waals surface area (Å²) >= 11 is 0. The molecular weight excluding hydrogens is 444 g/mol. The topological polar surface area (TPSA) is 123 Å². The Balaban J connectivity index is 1.42. The van der Waals surface area contributed by atoms with Crippen LogP contribution in [-0.4, -0.2) is 32.0 Å². The molecular formula is C26H18N6O3. The number of para-hydroxylation sites is 2. The number of aromatic nitrogens is 4. The molecule has 0 radical (unpaired) electrons. The molecule has 0 aliphatic heterocycles. The lowest BCUT2D eigenvalue weighted by Gasteiger charge is -2.09. The van der Waals surface area contributed by atoms with E-state index in [-0.39, 0.29) is 35.0 Å². The van der Waals surface area contributed by atoms with Gasteiger partial charge in [-0.3, -0.25) is 19.6 Å². The third-order valence-corrected chi connectivity index (χ3v) is 5.03. The molecule has 0 atom stereocenters. The summed E-state index contributed by atoms with van der Waals surface area (Å²) in [6.45, 7) is 0. The van der Waals surface area contributed by atoms with Gasteiger partial charge in [0, 0.05) is 12.4 Å². The third-order valence-electron chi connectivity index (χ3n) is 5.03. The van der Waals surface area contributed by atoms with Crippen molar-refractivity contribution in [2.45, 2.75) is 0 Å². The van der Waals surface area contributed by atoms with Crippen LogP contribution in [0, 0.1) is 0 Å². The fourth-order valence-corrected chi connectivity index (χ4v) is 3.36. The van der Waals surface area contributed by atoms with Crippen molar-refractivity contribution in [3.63, 3.8) is 0 Å². The van der Waals surface area contributed by atoms with Gasteiger partial charge in [-0.2, -0.15) is 0 Å². The quantitative estimate of drug-likeness (QED) is 0.375. The molecule has 35 heavy (non-hydrogen) atoms. The monoisotopic (exact) mass is 462 g/mol. The fraction of sp³-hybridized carbons (Fsp3) is 0. The highest BCUT2D eigenvalue weighted by Crippen LogP contribution is 2.32. The van der Waals surface area contributed by atoms with Crippen LogP contribution in [0.4, 0.5) is 11.4 Å². The van der Waals surface area contributed by atoms with E-state index in [9.17, 15) is 9.59 Å². The number of rotatable bonds is 6. The molecule has 0 saturated heterocycles. The number of carbonyl (C=O) groups is 2. The van der Waals surface area contributed by atoms with Crippen LogP contribution in [0.3, 0.4) is 0 Å². The van der Waals surface area contributed by atoms with E-state index in [0.29, 0.717) is 22.5 Å². The number of amides is 2. The Morgan fingerprint density at radius 1 is 0.571 bits per heavy atom. The van der Waals surface area contributed by atoms with Crippen LogP contribution in [0.5, 0.6) is 0 Å². The second-order valence-corrected chi connectivity index (χ2v) is 7.34. The standard InChI is InChI=1S/C26H18N6O3/c33-23(21-13-5-7-15-27-21)29-19-11-3-1-9-17(19)25-31-32-26(35-25)18-10-2-4-12-20(18)30-24(34)22-14-6-8-16-28-22/h1-16H,(H,29,33)(H,30,34). The minimum Gasteiger partial charge on any atom is -0.416 e. The highest BCUT2D eigenvalue weighted by atomic mass is 16.4. The van der Waals surface area contributed by atoms with Crippen molar-refractivity contribution in [3.05, 3.63) is 109 Å². The lowest BCUT2D eigenvalue weighted by atomic mass is 10.1. The van der Waals surface area contributed by atoms with E-state index in [0.717, 1.165) is 0 Å².